The van der Waals surface area contributed by atoms with Crippen molar-refractivity contribution in [3.8, 4) is 0 Å². The highest BCUT2D eigenvalue weighted by atomic mass is 32.2. The van der Waals surface area contributed by atoms with Crippen molar-refractivity contribution in [2.75, 3.05) is 26.0 Å². The number of sulfone groups is 1. The Labute approximate surface area is 133 Å². The summed E-state index contributed by atoms with van der Waals surface area (Å²) >= 11 is 0. The van der Waals surface area contributed by atoms with E-state index in [0.29, 0.717) is 13.2 Å². The minimum atomic E-state index is -3.43. The zero-order valence-electron chi connectivity index (χ0n) is 12.6. The minimum absolute atomic E-state index is 0.0616. The maximum atomic E-state index is 12.1. The van der Waals surface area contributed by atoms with Gasteiger partial charge in [0.1, 0.15) is 0 Å². The van der Waals surface area contributed by atoms with Crippen LogP contribution in [-0.2, 0) is 21.0 Å². The number of amides is 1. The van der Waals surface area contributed by atoms with E-state index in [1.807, 2.05) is 0 Å². The largest absolute Gasteiger partial charge is 0.383 e. The molecule has 9 heteroatoms. The summed E-state index contributed by atoms with van der Waals surface area (Å²) in [5.74, 6) is -0.720. The fraction of sp³-hybridized carbons (Fsp3) is 0.357. The Morgan fingerprint density at radius 1 is 1.30 bits per heavy atom. The highest BCUT2D eigenvalue weighted by Gasteiger charge is 2.18. The molecule has 0 spiro atoms. The van der Waals surface area contributed by atoms with E-state index in [2.05, 4.69) is 15.5 Å². The monoisotopic (exact) mass is 339 g/mol. The second kappa shape index (κ2) is 7.84. The molecule has 8 nitrogen and oxygen atoms in total. The van der Waals surface area contributed by atoms with Crippen LogP contribution in [0.15, 0.2) is 39.8 Å². The molecular weight excluding hydrogens is 322 g/mol. The summed E-state index contributed by atoms with van der Waals surface area (Å²) in [5.41, 5.74) is 0. The highest BCUT2D eigenvalue weighted by molar-refractivity contribution is 7.91. The van der Waals surface area contributed by atoms with Crippen molar-refractivity contribution < 1.29 is 22.5 Å². The quantitative estimate of drug-likeness (QED) is 0.695. The van der Waals surface area contributed by atoms with Crippen LogP contribution in [0.25, 0.3) is 0 Å². The SMILES string of the molecule is COCCNC(=O)c1nc(CCS(=O)(=O)c2ccccc2)no1. The molecule has 0 bridgehead atoms. The Morgan fingerprint density at radius 3 is 2.74 bits per heavy atom. The standard InChI is InChI=1S/C14H17N3O5S/c1-21-9-8-15-13(18)14-16-12(17-22-14)7-10-23(19,20)11-5-3-2-4-6-11/h2-6H,7-10H2,1H3,(H,15,18). The number of benzene rings is 1. The number of ether oxygens (including phenoxy) is 1. The smallest absolute Gasteiger partial charge is 0.315 e. The van der Waals surface area contributed by atoms with Crippen LogP contribution in [0.3, 0.4) is 0 Å². The van der Waals surface area contributed by atoms with Crippen LogP contribution in [0, 0.1) is 0 Å². The number of carbonyl (C=O) groups excluding carboxylic acids is 1. The van der Waals surface area contributed by atoms with Gasteiger partial charge in [-0.25, -0.2) is 8.42 Å². The van der Waals surface area contributed by atoms with Gasteiger partial charge in [-0.1, -0.05) is 23.4 Å². The summed E-state index contributed by atoms with van der Waals surface area (Å²) < 4.78 is 33.9. The van der Waals surface area contributed by atoms with E-state index in [1.165, 1.54) is 19.2 Å². The zero-order chi connectivity index (χ0) is 16.7. The Balaban J connectivity index is 1.93. The third-order valence-electron chi connectivity index (χ3n) is 2.95. The molecule has 2 aromatic rings. The summed E-state index contributed by atoms with van der Waals surface area (Å²) in [7, 11) is -1.91. The summed E-state index contributed by atoms with van der Waals surface area (Å²) in [6, 6.07) is 8.11. The number of hydrogen-bond acceptors (Lipinski definition) is 7. The van der Waals surface area contributed by atoms with E-state index in [9.17, 15) is 13.2 Å². The van der Waals surface area contributed by atoms with Crippen LogP contribution >= 0.6 is 0 Å². The molecule has 1 aromatic carbocycles. The van der Waals surface area contributed by atoms with Crippen LogP contribution in [0.2, 0.25) is 0 Å². The maximum absolute atomic E-state index is 12.1. The van der Waals surface area contributed by atoms with Crippen LogP contribution < -0.4 is 5.32 Å². The second-order valence-electron chi connectivity index (χ2n) is 4.65. The van der Waals surface area contributed by atoms with Gasteiger partial charge in [-0.2, -0.15) is 4.98 Å². The number of aryl methyl sites for hydroxylation is 1. The molecular formula is C14H17N3O5S. The van der Waals surface area contributed by atoms with E-state index in [-0.39, 0.29) is 28.8 Å². The van der Waals surface area contributed by atoms with Crippen LogP contribution in [0.5, 0.6) is 0 Å². The molecule has 0 radical (unpaired) electrons. The zero-order valence-corrected chi connectivity index (χ0v) is 13.4. The molecule has 1 aromatic heterocycles. The number of rotatable bonds is 8. The van der Waals surface area contributed by atoms with E-state index < -0.39 is 15.7 Å². The summed E-state index contributed by atoms with van der Waals surface area (Å²) in [6.07, 6.45) is 0.0616. The van der Waals surface area contributed by atoms with Crippen LogP contribution in [0.1, 0.15) is 16.5 Å². The normalized spacial score (nSPS) is 11.3. The lowest BCUT2D eigenvalue weighted by atomic mass is 10.4. The fourth-order valence-corrected chi connectivity index (χ4v) is 3.02. The molecule has 2 rings (SSSR count). The summed E-state index contributed by atoms with van der Waals surface area (Å²) in [6.45, 7) is 0.678. The van der Waals surface area contributed by atoms with Gasteiger partial charge in [-0.05, 0) is 12.1 Å². The molecule has 1 heterocycles. The van der Waals surface area contributed by atoms with E-state index in [4.69, 9.17) is 9.26 Å². The summed E-state index contributed by atoms with van der Waals surface area (Å²) in [4.78, 5) is 15.8. The van der Waals surface area contributed by atoms with Crippen molar-refractivity contribution in [1.82, 2.24) is 15.5 Å². The second-order valence-corrected chi connectivity index (χ2v) is 6.76. The Bertz CT molecular complexity index is 743. The number of methoxy groups -OCH3 is 1. The third kappa shape index (κ3) is 4.86. The van der Waals surface area contributed by atoms with Crippen molar-refractivity contribution in [3.05, 3.63) is 42.0 Å². The molecule has 0 aliphatic rings. The first-order valence-electron chi connectivity index (χ1n) is 6.90. The Hall–Kier alpha value is -2.26. The van der Waals surface area contributed by atoms with Gasteiger partial charge in [0, 0.05) is 20.1 Å². The average Bonchev–Trinajstić information content (AvgIpc) is 3.03. The van der Waals surface area contributed by atoms with Crippen molar-refractivity contribution in [3.63, 3.8) is 0 Å². The first-order chi connectivity index (χ1) is 11.0. The van der Waals surface area contributed by atoms with E-state index in [1.54, 1.807) is 18.2 Å². The van der Waals surface area contributed by atoms with Crippen molar-refractivity contribution >= 4 is 15.7 Å². The lowest BCUT2D eigenvalue weighted by Crippen LogP contribution is -2.27. The number of nitrogens with zero attached hydrogens (tertiary/aromatic N) is 2. The van der Waals surface area contributed by atoms with Crippen molar-refractivity contribution in [1.29, 1.82) is 0 Å². The highest BCUT2D eigenvalue weighted by Crippen LogP contribution is 2.11. The number of aromatic nitrogens is 2. The van der Waals surface area contributed by atoms with Gasteiger partial charge in [0.05, 0.1) is 17.3 Å². The molecule has 124 valence electrons. The predicted octanol–water partition coefficient (Wildman–Crippen LogP) is 0.462. The van der Waals surface area contributed by atoms with Gasteiger partial charge in [-0.3, -0.25) is 4.79 Å². The average molecular weight is 339 g/mol. The van der Waals surface area contributed by atoms with E-state index in [0.717, 1.165) is 0 Å². The van der Waals surface area contributed by atoms with Crippen molar-refractivity contribution in [2.24, 2.45) is 0 Å². The Kier molecular flexibility index (Phi) is 5.83. The van der Waals surface area contributed by atoms with Gasteiger partial charge >= 0.3 is 11.8 Å². The van der Waals surface area contributed by atoms with Crippen molar-refractivity contribution in [2.45, 2.75) is 11.3 Å². The number of carbonyl (C=O) groups is 1. The molecule has 1 amide bonds. The number of nitrogens with one attached hydrogen (secondary N) is 1. The van der Waals surface area contributed by atoms with Gasteiger partial charge < -0.3 is 14.6 Å². The van der Waals surface area contributed by atoms with E-state index >= 15 is 0 Å². The molecule has 0 aliphatic carbocycles. The molecule has 23 heavy (non-hydrogen) atoms. The molecule has 0 atom stereocenters. The van der Waals surface area contributed by atoms with Gasteiger partial charge in [0.15, 0.2) is 15.7 Å². The first kappa shape index (κ1) is 17.1. The maximum Gasteiger partial charge on any atom is 0.315 e. The summed E-state index contributed by atoms with van der Waals surface area (Å²) in [5, 5.41) is 6.15. The fourth-order valence-electron chi connectivity index (χ4n) is 1.76. The van der Waals surface area contributed by atoms with Crippen LogP contribution in [0.4, 0.5) is 0 Å². The molecule has 0 saturated carbocycles. The molecule has 0 fully saturated rings. The van der Waals surface area contributed by atoms with Gasteiger partial charge in [-0.15, -0.1) is 0 Å². The third-order valence-corrected chi connectivity index (χ3v) is 4.68. The lowest BCUT2D eigenvalue weighted by Gasteiger charge is -2.01. The van der Waals surface area contributed by atoms with Gasteiger partial charge in [0.25, 0.3) is 0 Å². The van der Waals surface area contributed by atoms with Crippen LogP contribution in [-0.4, -0.2) is 50.5 Å². The lowest BCUT2D eigenvalue weighted by molar-refractivity contribution is 0.0893. The molecule has 0 aliphatic heterocycles. The predicted molar refractivity (Wildman–Crippen MR) is 80.7 cm³/mol. The first-order valence-corrected chi connectivity index (χ1v) is 8.55. The van der Waals surface area contributed by atoms with Gasteiger partial charge in [0.2, 0.25) is 0 Å². The number of hydrogen-bond donors (Lipinski definition) is 1. The Morgan fingerprint density at radius 2 is 2.04 bits per heavy atom. The molecule has 0 saturated heterocycles. The molecule has 1 N–H and O–H groups in total. The molecule has 0 unspecified atom stereocenters. The topological polar surface area (TPSA) is 111 Å². The minimum Gasteiger partial charge on any atom is -0.383 e.